The van der Waals surface area contributed by atoms with Crippen molar-refractivity contribution in [3.8, 4) is 0 Å². The Hall–Kier alpha value is -0.750. The van der Waals surface area contributed by atoms with Gasteiger partial charge in [-0.25, -0.2) is 0 Å². The summed E-state index contributed by atoms with van der Waals surface area (Å²) < 4.78 is 80.8. The summed E-state index contributed by atoms with van der Waals surface area (Å²) in [5, 5.41) is 0. The molecule has 7 heteroatoms. The first kappa shape index (κ1) is 25.2. The zero-order valence-corrected chi connectivity index (χ0v) is 15.9. The van der Waals surface area contributed by atoms with E-state index in [2.05, 4.69) is 6.92 Å². The number of halogens is 6. The van der Waals surface area contributed by atoms with E-state index in [-0.39, 0.29) is 6.42 Å². The van der Waals surface area contributed by atoms with Crippen molar-refractivity contribution in [2.75, 3.05) is 0 Å². The molecular weight excluding hydrogens is 358 g/mol. The molecule has 0 aromatic carbocycles. The lowest BCUT2D eigenvalue weighted by molar-refractivity contribution is -0.310. The van der Waals surface area contributed by atoms with Gasteiger partial charge in [-0.1, -0.05) is 71.1 Å². The molecule has 0 spiro atoms. The number of hydrogen-bond donors (Lipinski definition) is 0. The van der Waals surface area contributed by atoms with Gasteiger partial charge in [-0.2, -0.15) is 26.3 Å². The van der Waals surface area contributed by atoms with Gasteiger partial charge in [0.25, 0.3) is 0 Å². The predicted molar refractivity (Wildman–Crippen MR) is 91.2 cm³/mol. The summed E-state index contributed by atoms with van der Waals surface area (Å²) in [7, 11) is 0. The maximum atomic E-state index is 13.6. The fourth-order valence-electron chi connectivity index (χ4n) is 2.86. The standard InChI is InChI=1S/C19H32F6O/c1-3-4-5-6-7-8-9-10-11-12-13-14-17(20,21)19(24,25)18(22,23)15-16(2)26/h3-15H2,1-2H3. The third kappa shape index (κ3) is 8.76. The summed E-state index contributed by atoms with van der Waals surface area (Å²) in [4.78, 5) is 10.6. The lowest BCUT2D eigenvalue weighted by Crippen LogP contribution is -2.54. The number of ketones is 1. The molecule has 0 atom stereocenters. The van der Waals surface area contributed by atoms with Crippen molar-refractivity contribution in [3.63, 3.8) is 0 Å². The van der Waals surface area contributed by atoms with Gasteiger partial charge in [0, 0.05) is 6.42 Å². The third-order valence-corrected chi connectivity index (χ3v) is 4.48. The Labute approximate surface area is 152 Å². The molecule has 0 aliphatic heterocycles. The van der Waals surface area contributed by atoms with E-state index in [9.17, 15) is 31.1 Å². The van der Waals surface area contributed by atoms with E-state index in [4.69, 9.17) is 0 Å². The molecule has 0 amide bonds. The van der Waals surface area contributed by atoms with E-state index >= 15 is 0 Å². The molecule has 1 nitrogen and oxygen atoms in total. The van der Waals surface area contributed by atoms with E-state index in [1.54, 1.807) is 0 Å². The number of carbonyl (C=O) groups is 1. The molecule has 0 bridgehead atoms. The Morgan fingerprint density at radius 2 is 1.04 bits per heavy atom. The van der Waals surface area contributed by atoms with Gasteiger partial charge in [0.2, 0.25) is 0 Å². The zero-order valence-electron chi connectivity index (χ0n) is 15.9. The van der Waals surface area contributed by atoms with Crippen LogP contribution in [0, 0.1) is 0 Å². The number of carbonyl (C=O) groups excluding carboxylic acids is 1. The largest absolute Gasteiger partial charge is 0.372 e. The van der Waals surface area contributed by atoms with Crippen LogP contribution < -0.4 is 0 Å². The van der Waals surface area contributed by atoms with Gasteiger partial charge in [0.05, 0.1) is 6.42 Å². The maximum absolute atomic E-state index is 13.6. The maximum Gasteiger partial charge on any atom is 0.372 e. The van der Waals surface area contributed by atoms with E-state index in [0.717, 1.165) is 25.7 Å². The normalized spacial score (nSPS) is 13.2. The molecule has 0 aromatic rings. The van der Waals surface area contributed by atoms with Crippen molar-refractivity contribution < 1.29 is 31.1 Å². The Balaban J connectivity index is 4.04. The molecule has 0 saturated carbocycles. The Bertz CT molecular complexity index is 395. The highest BCUT2D eigenvalue weighted by Gasteiger charge is 2.70. The fourth-order valence-corrected chi connectivity index (χ4v) is 2.86. The van der Waals surface area contributed by atoms with Gasteiger partial charge in [-0.15, -0.1) is 0 Å². The number of rotatable bonds is 16. The molecule has 0 heterocycles. The first-order valence-corrected chi connectivity index (χ1v) is 9.61. The minimum absolute atomic E-state index is 0.241. The molecule has 156 valence electrons. The van der Waals surface area contributed by atoms with Crippen molar-refractivity contribution in [3.05, 3.63) is 0 Å². The summed E-state index contributed by atoms with van der Waals surface area (Å²) in [6, 6.07) is 0. The quantitative estimate of drug-likeness (QED) is 0.196. The highest BCUT2D eigenvalue weighted by molar-refractivity contribution is 5.76. The Morgan fingerprint density at radius 1 is 0.654 bits per heavy atom. The lowest BCUT2D eigenvalue weighted by Gasteiger charge is -2.32. The van der Waals surface area contributed by atoms with Crippen LogP contribution in [-0.2, 0) is 4.79 Å². The number of unbranched alkanes of at least 4 members (excludes halogenated alkanes) is 10. The van der Waals surface area contributed by atoms with Gasteiger partial charge >= 0.3 is 17.8 Å². The van der Waals surface area contributed by atoms with Crippen LogP contribution in [0.2, 0.25) is 0 Å². The average molecular weight is 390 g/mol. The molecule has 0 N–H and O–H groups in total. The van der Waals surface area contributed by atoms with E-state index < -0.39 is 36.4 Å². The van der Waals surface area contributed by atoms with Crippen LogP contribution in [0.15, 0.2) is 0 Å². The highest BCUT2D eigenvalue weighted by Crippen LogP contribution is 2.49. The second-order valence-corrected chi connectivity index (χ2v) is 7.15. The SMILES string of the molecule is CCCCCCCCCCCCCC(F)(F)C(F)(F)C(F)(F)CC(C)=O. The smallest absolute Gasteiger partial charge is 0.300 e. The van der Waals surface area contributed by atoms with E-state index in [1.807, 2.05) is 0 Å². The van der Waals surface area contributed by atoms with Crippen molar-refractivity contribution >= 4 is 5.78 Å². The summed E-state index contributed by atoms with van der Waals surface area (Å²) >= 11 is 0. The molecule has 0 aliphatic rings. The number of alkyl halides is 6. The van der Waals surface area contributed by atoms with Gasteiger partial charge in [0.1, 0.15) is 5.78 Å². The topological polar surface area (TPSA) is 17.1 Å². The minimum Gasteiger partial charge on any atom is -0.300 e. The molecule has 0 radical (unpaired) electrons. The molecular formula is C19H32F6O. The van der Waals surface area contributed by atoms with Gasteiger partial charge in [0.15, 0.2) is 0 Å². The van der Waals surface area contributed by atoms with Crippen molar-refractivity contribution in [2.45, 2.75) is 115 Å². The van der Waals surface area contributed by atoms with E-state index in [1.165, 1.54) is 25.7 Å². The summed E-state index contributed by atoms with van der Waals surface area (Å²) in [5.74, 6) is -16.6. The number of hydrogen-bond acceptors (Lipinski definition) is 1. The second kappa shape index (κ2) is 11.9. The van der Waals surface area contributed by atoms with Crippen LogP contribution in [0.4, 0.5) is 26.3 Å². The van der Waals surface area contributed by atoms with Gasteiger partial charge < -0.3 is 0 Å². The van der Waals surface area contributed by atoms with Crippen molar-refractivity contribution in [1.82, 2.24) is 0 Å². The molecule has 0 saturated heterocycles. The first-order valence-electron chi connectivity index (χ1n) is 9.61. The van der Waals surface area contributed by atoms with Crippen LogP contribution in [0.3, 0.4) is 0 Å². The van der Waals surface area contributed by atoms with Crippen LogP contribution >= 0.6 is 0 Å². The molecule has 0 aliphatic carbocycles. The van der Waals surface area contributed by atoms with Crippen LogP contribution in [0.1, 0.15) is 97.3 Å². The van der Waals surface area contributed by atoms with Crippen LogP contribution in [0.5, 0.6) is 0 Å². The zero-order chi connectivity index (χ0) is 20.3. The minimum atomic E-state index is -5.52. The highest BCUT2D eigenvalue weighted by atomic mass is 19.3. The predicted octanol–water partition coefficient (Wildman–Crippen LogP) is 7.57. The summed E-state index contributed by atoms with van der Waals surface area (Å²) in [5.41, 5.74) is 0. The van der Waals surface area contributed by atoms with Crippen LogP contribution in [0.25, 0.3) is 0 Å². The fraction of sp³-hybridized carbons (Fsp3) is 0.947. The molecule has 0 aromatic heterocycles. The number of Topliss-reactive ketones (excluding diaryl/α,β-unsaturated/α-hetero) is 1. The summed E-state index contributed by atoms with van der Waals surface area (Å²) in [6.07, 6.45) is 6.32. The average Bonchev–Trinajstić information content (AvgIpc) is 2.51. The molecule has 0 unspecified atom stereocenters. The van der Waals surface area contributed by atoms with Gasteiger partial charge in [-0.05, 0) is 13.3 Å². The molecule has 26 heavy (non-hydrogen) atoms. The summed E-state index contributed by atoms with van der Waals surface area (Å²) in [6.45, 7) is 2.82. The molecule has 0 rings (SSSR count). The van der Waals surface area contributed by atoms with Crippen molar-refractivity contribution in [2.24, 2.45) is 0 Å². The van der Waals surface area contributed by atoms with E-state index in [0.29, 0.717) is 19.8 Å². The van der Waals surface area contributed by atoms with Gasteiger partial charge in [-0.3, -0.25) is 4.79 Å². The molecule has 0 fully saturated rings. The lowest BCUT2D eigenvalue weighted by atomic mass is 9.95. The third-order valence-electron chi connectivity index (χ3n) is 4.48. The Kier molecular flexibility index (Phi) is 11.5. The van der Waals surface area contributed by atoms with Crippen LogP contribution in [-0.4, -0.2) is 23.6 Å². The monoisotopic (exact) mass is 390 g/mol. The Morgan fingerprint density at radius 3 is 1.42 bits per heavy atom. The second-order valence-electron chi connectivity index (χ2n) is 7.15. The first-order chi connectivity index (χ1) is 12.0. The van der Waals surface area contributed by atoms with Crippen molar-refractivity contribution in [1.29, 1.82) is 0 Å².